The van der Waals surface area contributed by atoms with Gasteiger partial charge in [0.05, 0.1) is 9.82 Å². The van der Waals surface area contributed by atoms with Gasteiger partial charge in [-0.2, -0.15) is 4.68 Å². The molecule has 0 unspecified atom stereocenters. The van der Waals surface area contributed by atoms with Crippen LogP contribution in [-0.2, 0) is 0 Å². The molecule has 1 aromatic carbocycles. The molecule has 0 N–H and O–H groups in total. The molecule has 2 rings (SSSR count). The maximum Gasteiger partial charge on any atom is 0.346 e. The van der Waals surface area contributed by atoms with E-state index in [1.54, 1.807) is 23.1 Å². The zero-order valence-electron chi connectivity index (χ0n) is 12.2. The van der Waals surface area contributed by atoms with E-state index in [0.29, 0.717) is 18.0 Å². The first kappa shape index (κ1) is 16.0. The fourth-order valence-electron chi connectivity index (χ4n) is 1.82. The number of nitrogens with zero attached hydrogens (tertiary/aromatic N) is 5. The first-order valence-corrected chi connectivity index (χ1v) is 7.50. The van der Waals surface area contributed by atoms with Crippen molar-refractivity contribution in [1.82, 2.24) is 19.7 Å². The van der Waals surface area contributed by atoms with Gasteiger partial charge in [-0.25, -0.2) is 9.78 Å². The van der Waals surface area contributed by atoms with Crippen molar-refractivity contribution in [3.05, 3.63) is 40.7 Å². The molecule has 0 aliphatic rings. The molecule has 0 aliphatic carbocycles. The summed E-state index contributed by atoms with van der Waals surface area (Å²) < 4.78 is 1.14. The summed E-state index contributed by atoms with van der Waals surface area (Å²) in [6, 6.07) is 6.06. The summed E-state index contributed by atoms with van der Waals surface area (Å²) in [7, 11) is 0. The molecule has 1 amide bonds. The van der Waals surface area contributed by atoms with E-state index in [2.05, 4.69) is 10.1 Å². The van der Waals surface area contributed by atoms with Crippen LogP contribution < -0.4 is 0 Å². The molecule has 1 aromatic heterocycles. The number of para-hydroxylation sites is 1. The van der Waals surface area contributed by atoms with Gasteiger partial charge in [0.25, 0.3) is 5.69 Å². The Balaban J connectivity index is 2.20. The lowest BCUT2D eigenvalue weighted by molar-refractivity contribution is -0.387. The molecule has 8 nitrogen and oxygen atoms in total. The number of benzene rings is 1. The minimum Gasteiger partial charge on any atom is -0.323 e. The summed E-state index contributed by atoms with van der Waals surface area (Å²) in [5.41, 5.74) is -0.0149. The molecule has 0 aliphatic heterocycles. The zero-order chi connectivity index (χ0) is 16.1. The predicted octanol–water partition coefficient (Wildman–Crippen LogP) is 2.65. The number of amides is 1. The molecular formula is C13H15N5O3S. The molecule has 1 heterocycles. The van der Waals surface area contributed by atoms with Crippen molar-refractivity contribution in [2.75, 3.05) is 13.1 Å². The largest absolute Gasteiger partial charge is 0.346 e. The highest BCUT2D eigenvalue weighted by atomic mass is 32.2. The number of nitro benzene ring substituents is 1. The van der Waals surface area contributed by atoms with Gasteiger partial charge in [0.2, 0.25) is 5.16 Å². The predicted molar refractivity (Wildman–Crippen MR) is 81.0 cm³/mol. The van der Waals surface area contributed by atoms with Crippen LogP contribution in [0.15, 0.2) is 40.6 Å². The first-order chi connectivity index (χ1) is 10.6. The van der Waals surface area contributed by atoms with Gasteiger partial charge in [-0.05, 0) is 31.7 Å². The minimum atomic E-state index is -0.458. The monoisotopic (exact) mass is 321 g/mol. The topological polar surface area (TPSA) is 94.2 Å². The van der Waals surface area contributed by atoms with Crippen molar-refractivity contribution in [1.29, 1.82) is 0 Å². The minimum absolute atomic E-state index is 0.0149. The Bertz CT molecular complexity index is 684. The van der Waals surface area contributed by atoms with E-state index in [1.165, 1.54) is 12.4 Å². The summed E-state index contributed by atoms with van der Waals surface area (Å²) in [6.07, 6.45) is 1.32. The SMILES string of the molecule is CCN(CC)C(=O)n1cnc(Sc2ccccc2[N+](=O)[O-])n1. The maximum absolute atomic E-state index is 12.1. The van der Waals surface area contributed by atoms with Crippen LogP contribution in [0.3, 0.4) is 0 Å². The average molecular weight is 321 g/mol. The molecule has 116 valence electrons. The van der Waals surface area contributed by atoms with Crippen LogP contribution in [0.5, 0.6) is 0 Å². The van der Waals surface area contributed by atoms with Crippen LogP contribution in [-0.4, -0.2) is 43.7 Å². The van der Waals surface area contributed by atoms with Gasteiger partial charge >= 0.3 is 6.03 Å². The Morgan fingerprint density at radius 2 is 2.05 bits per heavy atom. The highest BCUT2D eigenvalue weighted by Gasteiger charge is 2.18. The van der Waals surface area contributed by atoms with E-state index >= 15 is 0 Å². The second-order valence-corrected chi connectivity index (χ2v) is 5.26. The lowest BCUT2D eigenvalue weighted by atomic mass is 10.3. The highest BCUT2D eigenvalue weighted by molar-refractivity contribution is 7.99. The van der Waals surface area contributed by atoms with Gasteiger partial charge in [-0.15, -0.1) is 5.10 Å². The Hall–Kier alpha value is -2.42. The van der Waals surface area contributed by atoms with Crippen LogP contribution in [0.4, 0.5) is 10.5 Å². The van der Waals surface area contributed by atoms with Gasteiger partial charge < -0.3 is 4.90 Å². The number of aromatic nitrogens is 3. The Labute approximate surface area is 131 Å². The van der Waals surface area contributed by atoms with Crippen LogP contribution in [0.1, 0.15) is 13.8 Å². The summed E-state index contributed by atoms with van der Waals surface area (Å²) in [5.74, 6) is 0. The van der Waals surface area contributed by atoms with Crippen LogP contribution >= 0.6 is 11.8 Å². The highest BCUT2D eigenvalue weighted by Crippen LogP contribution is 2.32. The molecule has 9 heteroatoms. The standard InChI is InChI=1S/C13H15N5O3S/c1-3-16(4-2)13(19)17-9-14-12(15-17)22-11-8-6-5-7-10(11)18(20)21/h5-9H,3-4H2,1-2H3. The molecule has 0 bridgehead atoms. The number of hydrogen-bond donors (Lipinski definition) is 0. The smallest absolute Gasteiger partial charge is 0.323 e. The summed E-state index contributed by atoms with van der Waals surface area (Å²) in [6.45, 7) is 4.90. The fourth-order valence-corrected chi connectivity index (χ4v) is 2.64. The molecule has 0 atom stereocenters. The van der Waals surface area contributed by atoms with E-state index in [0.717, 1.165) is 16.4 Å². The molecule has 0 saturated carbocycles. The number of rotatable bonds is 5. The second-order valence-electron chi connectivity index (χ2n) is 4.25. The van der Waals surface area contributed by atoms with E-state index in [1.807, 2.05) is 13.8 Å². The number of carbonyl (C=O) groups excluding carboxylic acids is 1. The van der Waals surface area contributed by atoms with E-state index in [-0.39, 0.29) is 16.9 Å². The van der Waals surface area contributed by atoms with Gasteiger partial charge in [0.1, 0.15) is 6.33 Å². The zero-order valence-corrected chi connectivity index (χ0v) is 13.0. The second kappa shape index (κ2) is 7.03. The first-order valence-electron chi connectivity index (χ1n) is 6.69. The Kier molecular flexibility index (Phi) is 5.10. The quantitative estimate of drug-likeness (QED) is 0.620. The lowest BCUT2D eigenvalue weighted by Crippen LogP contribution is -2.34. The molecular weight excluding hydrogens is 306 g/mol. The van der Waals surface area contributed by atoms with Crippen molar-refractivity contribution in [3.63, 3.8) is 0 Å². The van der Waals surface area contributed by atoms with Gasteiger partial charge in [0, 0.05) is 19.2 Å². The molecule has 0 fully saturated rings. The van der Waals surface area contributed by atoms with Gasteiger partial charge in [0.15, 0.2) is 0 Å². The number of nitro groups is 1. The molecule has 2 aromatic rings. The van der Waals surface area contributed by atoms with Crippen LogP contribution in [0.25, 0.3) is 0 Å². The van der Waals surface area contributed by atoms with E-state index < -0.39 is 4.92 Å². The maximum atomic E-state index is 12.1. The third-order valence-electron chi connectivity index (χ3n) is 2.96. The molecule has 0 saturated heterocycles. The third-order valence-corrected chi connectivity index (χ3v) is 3.90. The van der Waals surface area contributed by atoms with E-state index in [4.69, 9.17) is 0 Å². The Morgan fingerprint density at radius 1 is 1.36 bits per heavy atom. The number of hydrogen-bond acceptors (Lipinski definition) is 6. The fraction of sp³-hybridized carbons (Fsp3) is 0.308. The average Bonchev–Trinajstić information content (AvgIpc) is 2.97. The summed E-state index contributed by atoms with van der Waals surface area (Å²) in [4.78, 5) is 28.7. The van der Waals surface area contributed by atoms with Gasteiger partial charge in [-0.1, -0.05) is 12.1 Å². The van der Waals surface area contributed by atoms with Crippen molar-refractivity contribution < 1.29 is 9.72 Å². The molecule has 0 radical (unpaired) electrons. The third kappa shape index (κ3) is 3.42. The number of carbonyl (C=O) groups is 1. The lowest BCUT2D eigenvalue weighted by Gasteiger charge is -2.17. The van der Waals surface area contributed by atoms with Crippen molar-refractivity contribution in [2.24, 2.45) is 0 Å². The van der Waals surface area contributed by atoms with Crippen molar-refractivity contribution >= 4 is 23.5 Å². The van der Waals surface area contributed by atoms with Crippen molar-refractivity contribution in [3.8, 4) is 0 Å². The normalized spacial score (nSPS) is 10.5. The summed E-state index contributed by atoms with van der Waals surface area (Å²) >= 11 is 1.05. The molecule has 22 heavy (non-hydrogen) atoms. The van der Waals surface area contributed by atoms with Crippen molar-refractivity contribution in [2.45, 2.75) is 23.9 Å². The van der Waals surface area contributed by atoms with Gasteiger partial charge in [-0.3, -0.25) is 10.1 Å². The van der Waals surface area contributed by atoms with Crippen LogP contribution in [0, 0.1) is 10.1 Å². The van der Waals surface area contributed by atoms with Crippen LogP contribution in [0.2, 0.25) is 0 Å². The Morgan fingerprint density at radius 3 is 2.68 bits per heavy atom. The molecule has 0 spiro atoms. The van der Waals surface area contributed by atoms with E-state index in [9.17, 15) is 14.9 Å². The summed E-state index contributed by atoms with van der Waals surface area (Å²) in [5, 5.41) is 15.3.